The number of hydrogen-bond donors (Lipinski definition) is 2. The fourth-order valence-corrected chi connectivity index (χ4v) is 3.77. The number of carbonyl (C=O) groups is 2. The number of carbonyl (C=O) groups excluding carboxylic acids is 2. The maximum Gasteiger partial charge on any atom is 0.336 e. The Hall–Kier alpha value is -4.60. The second-order valence-electron chi connectivity index (χ2n) is 8.66. The molecule has 0 radical (unpaired) electrons. The van der Waals surface area contributed by atoms with Gasteiger partial charge < -0.3 is 28.9 Å². The minimum absolute atomic E-state index is 0.181. The number of aryl methyl sites for hydroxylation is 2. The Balaban J connectivity index is 1.21. The van der Waals surface area contributed by atoms with Crippen LogP contribution < -0.4 is 31.4 Å². The minimum atomic E-state index is -0.457. The van der Waals surface area contributed by atoms with Crippen LogP contribution in [0, 0.1) is 13.8 Å². The fourth-order valence-electron chi connectivity index (χ4n) is 3.77. The van der Waals surface area contributed by atoms with Crippen molar-refractivity contribution in [1.29, 1.82) is 0 Å². The van der Waals surface area contributed by atoms with Crippen molar-refractivity contribution < 1.29 is 27.9 Å². The van der Waals surface area contributed by atoms with E-state index in [1.807, 2.05) is 13.8 Å². The number of nitrogens with one attached hydrogen (secondary N) is 2. The molecule has 0 saturated carbocycles. The molecule has 0 aliphatic heterocycles. The Bertz CT molecular complexity index is 1590. The molecule has 0 saturated heterocycles. The van der Waals surface area contributed by atoms with Crippen LogP contribution in [0.5, 0.6) is 11.5 Å². The molecule has 4 aromatic rings. The third kappa shape index (κ3) is 6.54. The predicted molar refractivity (Wildman–Crippen MR) is 136 cm³/mol. The largest absolute Gasteiger partial charge is 0.484 e. The van der Waals surface area contributed by atoms with E-state index in [2.05, 4.69) is 10.6 Å². The van der Waals surface area contributed by atoms with E-state index in [4.69, 9.17) is 18.3 Å². The molecule has 0 bridgehead atoms. The first-order valence-electron chi connectivity index (χ1n) is 11.6. The highest BCUT2D eigenvalue weighted by molar-refractivity contribution is 5.83. The maximum absolute atomic E-state index is 12.2. The van der Waals surface area contributed by atoms with Gasteiger partial charge >= 0.3 is 11.3 Å². The lowest BCUT2D eigenvalue weighted by atomic mass is 10.1. The molecule has 0 aliphatic carbocycles. The van der Waals surface area contributed by atoms with Crippen molar-refractivity contribution >= 4 is 33.8 Å². The van der Waals surface area contributed by atoms with Crippen LogP contribution in [0.4, 0.5) is 0 Å². The van der Waals surface area contributed by atoms with Crippen molar-refractivity contribution in [3.05, 3.63) is 80.5 Å². The van der Waals surface area contributed by atoms with Gasteiger partial charge in [0.2, 0.25) is 0 Å². The van der Waals surface area contributed by atoms with Crippen molar-refractivity contribution in [3.63, 3.8) is 0 Å². The molecule has 10 heteroatoms. The van der Waals surface area contributed by atoms with Crippen molar-refractivity contribution in [2.75, 3.05) is 19.8 Å². The first-order valence-corrected chi connectivity index (χ1v) is 11.6. The quantitative estimate of drug-likeness (QED) is 0.331. The summed E-state index contributed by atoms with van der Waals surface area (Å²) >= 11 is 0. The molecule has 2 aromatic heterocycles. The Morgan fingerprint density at radius 1 is 0.784 bits per heavy atom. The number of amides is 2. The maximum atomic E-state index is 12.2. The van der Waals surface area contributed by atoms with E-state index in [1.54, 1.807) is 43.3 Å². The van der Waals surface area contributed by atoms with Gasteiger partial charge in [0, 0.05) is 47.6 Å². The van der Waals surface area contributed by atoms with Gasteiger partial charge in [-0.15, -0.1) is 0 Å². The van der Waals surface area contributed by atoms with Crippen LogP contribution in [-0.2, 0) is 9.59 Å². The molecular weight excluding hydrogens is 480 g/mol. The molecule has 1 atom stereocenters. The zero-order chi connectivity index (χ0) is 26.5. The van der Waals surface area contributed by atoms with Crippen LogP contribution in [0.25, 0.3) is 21.9 Å². The molecule has 2 aromatic carbocycles. The summed E-state index contributed by atoms with van der Waals surface area (Å²) < 4.78 is 21.4. The molecule has 4 rings (SSSR count). The van der Waals surface area contributed by atoms with Gasteiger partial charge in [-0.05, 0) is 56.2 Å². The zero-order valence-corrected chi connectivity index (χ0v) is 20.6. The Morgan fingerprint density at radius 3 is 1.78 bits per heavy atom. The Morgan fingerprint density at radius 2 is 1.27 bits per heavy atom. The van der Waals surface area contributed by atoms with Gasteiger partial charge in [0.05, 0.1) is 0 Å². The van der Waals surface area contributed by atoms with E-state index in [1.165, 1.54) is 12.1 Å². The van der Waals surface area contributed by atoms with Crippen molar-refractivity contribution in [3.8, 4) is 11.5 Å². The van der Waals surface area contributed by atoms with E-state index < -0.39 is 11.3 Å². The van der Waals surface area contributed by atoms with Crippen LogP contribution in [-0.4, -0.2) is 37.6 Å². The highest BCUT2D eigenvalue weighted by Crippen LogP contribution is 2.23. The lowest BCUT2D eigenvalue weighted by Gasteiger charge is -2.15. The minimum Gasteiger partial charge on any atom is -0.484 e. The molecule has 2 heterocycles. The van der Waals surface area contributed by atoms with Gasteiger partial charge in [-0.2, -0.15) is 0 Å². The summed E-state index contributed by atoms with van der Waals surface area (Å²) in [4.78, 5) is 47.5. The van der Waals surface area contributed by atoms with Crippen molar-refractivity contribution in [2.24, 2.45) is 0 Å². The number of hydrogen-bond acceptors (Lipinski definition) is 8. The van der Waals surface area contributed by atoms with Gasteiger partial charge in [-0.25, -0.2) is 9.59 Å². The number of fused-ring (bicyclic) bond motifs is 2. The molecule has 10 nitrogen and oxygen atoms in total. The van der Waals surface area contributed by atoms with Crippen LogP contribution in [0.1, 0.15) is 18.1 Å². The number of ether oxygens (including phenoxy) is 2. The number of rotatable bonds is 9. The molecule has 0 fully saturated rings. The summed E-state index contributed by atoms with van der Waals surface area (Å²) in [6.07, 6.45) is 0. The second-order valence-corrected chi connectivity index (χ2v) is 8.66. The van der Waals surface area contributed by atoms with Crippen LogP contribution in [0.2, 0.25) is 0 Å². The van der Waals surface area contributed by atoms with E-state index in [-0.39, 0.29) is 37.6 Å². The topological polar surface area (TPSA) is 137 Å². The zero-order valence-electron chi connectivity index (χ0n) is 20.6. The fraction of sp³-hybridized carbons (Fsp3) is 0.259. The highest BCUT2D eigenvalue weighted by atomic mass is 16.5. The molecular formula is C27H26N2O8. The van der Waals surface area contributed by atoms with Gasteiger partial charge in [-0.3, -0.25) is 9.59 Å². The summed E-state index contributed by atoms with van der Waals surface area (Å²) in [6, 6.07) is 12.5. The summed E-state index contributed by atoms with van der Waals surface area (Å²) in [5.74, 6) is 0.0171. The third-order valence-corrected chi connectivity index (χ3v) is 5.60. The molecule has 1 unspecified atom stereocenters. The lowest BCUT2D eigenvalue weighted by Crippen LogP contribution is -2.44. The van der Waals surface area contributed by atoms with Crippen molar-refractivity contribution in [2.45, 2.75) is 26.8 Å². The average molecular weight is 507 g/mol. The van der Waals surface area contributed by atoms with Gasteiger partial charge in [-0.1, -0.05) is 0 Å². The summed E-state index contributed by atoms with van der Waals surface area (Å²) in [5, 5.41) is 6.98. The van der Waals surface area contributed by atoms with E-state index in [0.29, 0.717) is 22.7 Å². The lowest BCUT2D eigenvalue weighted by molar-refractivity contribution is -0.125. The second kappa shape index (κ2) is 11.0. The first-order chi connectivity index (χ1) is 17.7. The van der Waals surface area contributed by atoms with Gasteiger partial charge in [0.25, 0.3) is 11.8 Å². The van der Waals surface area contributed by atoms with Gasteiger partial charge in [0.1, 0.15) is 22.7 Å². The van der Waals surface area contributed by atoms with Crippen LogP contribution in [0.15, 0.2) is 67.0 Å². The first kappa shape index (κ1) is 25.5. The van der Waals surface area contributed by atoms with Gasteiger partial charge in [0.15, 0.2) is 13.2 Å². The van der Waals surface area contributed by atoms with Crippen LogP contribution >= 0.6 is 0 Å². The predicted octanol–water partition coefficient (Wildman–Crippen LogP) is 2.59. The normalized spacial score (nSPS) is 11.8. The monoisotopic (exact) mass is 506 g/mol. The molecule has 2 N–H and O–H groups in total. The summed E-state index contributed by atoms with van der Waals surface area (Å²) in [7, 11) is 0. The highest BCUT2D eigenvalue weighted by Gasteiger charge is 2.12. The van der Waals surface area contributed by atoms with Crippen molar-refractivity contribution in [1.82, 2.24) is 10.6 Å². The molecule has 0 spiro atoms. The van der Waals surface area contributed by atoms with E-state index in [0.717, 1.165) is 21.9 Å². The summed E-state index contributed by atoms with van der Waals surface area (Å²) in [5.41, 5.74) is 1.42. The van der Waals surface area contributed by atoms with E-state index in [9.17, 15) is 19.2 Å². The van der Waals surface area contributed by atoms with E-state index >= 15 is 0 Å². The Labute approximate surface area is 211 Å². The third-order valence-electron chi connectivity index (χ3n) is 5.60. The number of benzene rings is 2. The summed E-state index contributed by atoms with van der Waals surface area (Å²) in [6.45, 7) is 5.04. The molecule has 0 aliphatic rings. The molecule has 2 amide bonds. The molecule has 37 heavy (non-hydrogen) atoms. The smallest absolute Gasteiger partial charge is 0.336 e. The average Bonchev–Trinajstić information content (AvgIpc) is 2.84. The standard InChI is InChI=1S/C27H26N2O8/c1-15-8-26(32)36-22-10-18(4-6-20(15)22)34-13-24(30)28-12-17(3)29-25(31)14-35-19-5-7-21-16(2)9-27(33)37-23(21)11-19/h4-11,17H,12-14H2,1-3H3,(H,28,30)(H,29,31). The van der Waals surface area contributed by atoms with Crippen LogP contribution in [0.3, 0.4) is 0 Å². The SMILES string of the molecule is Cc1cc(=O)oc2cc(OCC(=O)NCC(C)NC(=O)COc3ccc4c(C)cc(=O)oc4c3)ccc12. The molecule has 192 valence electrons. The Kier molecular flexibility index (Phi) is 7.57.